The first-order valence-corrected chi connectivity index (χ1v) is 7.96. The summed E-state index contributed by atoms with van der Waals surface area (Å²) in [5.41, 5.74) is 6.76. The van der Waals surface area contributed by atoms with Crippen LogP contribution in [-0.4, -0.2) is 45.2 Å². The molecular formula is C11H15ClFN3O2S. The topological polar surface area (TPSA) is 66.6 Å². The Hall–Kier alpha value is -1.05. The molecule has 0 spiro atoms. The van der Waals surface area contributed by atoms with Crippen LogP contribution in [0, 0.1) is 5.82 Å². The van der Waals surface area contributed by atoms with Crippen molar-refractivity contribution in [2.24, 2.45) is 0 Å². The first kappa shape index (κ1) is 14.4. The zero-order valence-electron chi connectivity index (χ0n) is 10.4. The minimum atomic E-state index is -3.18. The summed E-state index contributed by atoms with van der Waals surface area (Å²) in [4.78, 5) is 1.86. The molecule has 1 aromatic carbocycles. The third-order valence-electron chi connectivity index (χ3n) is 3.12. The summed E-state index contributed by atoms with van der Waals surface area (Å²) in [5, 5.41) is -0.0176. The number of nitrogen functional groups attached to an aromatic ring is 1. The molecular weight excluding hydrogens is 293 g/mol. The maximum Gasteiger partial charge on any atom is 0.211 e. The maximum absolute atomic E-state index is 13.5. The standard InChI is InChI=1S/C11H15ClFN3O2S/c1-19(17,18)16-4-2-15(3-5-16)11-7-9(13)8(12)6-10(11)14/h6-7H,2-5,14H2,1H3. The molecule has 1 heterocycles. The van der Waals surface area contributed by atoms with Crippen molar-refractivity contribution in [1.29, 1.82) is 0 Å². The first-order valence-electron chi connectivity index (χ1n) is 5.73. The second kappa shape index (κ2) is 5.15. The van der Waals surface area contributed by atoms with E-state index >= 15 is 0 Å². The minimum Gasteiger partial charge on any atom is -0.397 e. The summed E-state index contributed by atoms with van der Waals surface area (Å²) in [6, 6.07) is 2.66. The highest BCUT2D eigenvalue weighted by Gasteiger charge is 2.24. The summed E-state index contributed by atoms with van der Waals surface area (Å²) < 4.78 is 37.7. The third-order valence-corrected chi connectivity index (χ3v) is 4.71. The quantitative estimate of drug-likeness (QED) is 0.832. The van der Waals surface area contributed by atoms with Crippen molar-refractivity contribution in [2.75, 3.05) is 43.1 Å². The molecule has 0 atom stereocenters. The molecule has 2 rings (SSSR count). The van der Waals surface area contributed by atoms with Crippen LogP contribution in [-0.2, 0) is 10.0 Å². The number of hydrogen-bond donors (Lipinski definition) is 1. The molecule has 0 unspecified atom stereocenters. The predicted octanol–water partition coefficient (Wildman–Crippen LogP) is 1.14. The molecule has 0 aromatic heterocycles. The van der Waals surface area contributed by atoms with Crippen molar-refractivity contribution in [2.45, 2.75) is 0 Å². The predicted molar refractivity (Wildman–Crippen MR) is 74.5 cm³/mol. The van der Waals surface area contributed by atoms with E-state index in [2.05, 4.69) is 0 Å². The Morgan fingerprint density at radius 2 is 1.84 bits per heavy atom. The van der Waals surface area contributed by atoms with Crippen molar-refractivity contribution >= 4 is 33.0 Å². The van der Waals surface area contributed by atoms with Gasteiger partial charge in [0.25, 0.3) is 0 Å². The van der Waals surface area contributed by atoms with Crippen LogP contribution in [0.25, 0.3) is 0 Å². The van der Waals surface area contributed by atoms with Gasteiger partial charge in [-0.3, -0.25) is 0 Å². The lowest BCUT2D eigenvalue weighted by Crippen LogP contribution is -2.48. The van der Waals surface area contributed by atoms with Gasteiger partial charge in [0.05, 0.1) is 22.7 Å². The fraction of sp³-hybridized carbons (Fsp3) is 0.455. The van der Waals surface area contributed by atoms with E-state index in [1.165, 1.54) is 22.7 Å². The second-order valence-electron chi connectivity index (χ2n) is 4.47. The van der Waals surface area contributed by atoms with E-state index in [9.17, 15) is 12.8 Å². The number of hydrogen-bond acceptors (Lipinski definition) is 4. The highest BCUT2D eigenvalue weighted by Crippen LogP contribution is 2.30. The van der Waals surface area contributed by atoms with Crippen LogP contribution in [0.3, 0.4) is 0 Å². The summed E-state index contributed by atoms with van der Waals surface area (Å²) >= 11 is 5.65. The highest BCUT2D eigenvalue weighted by atomic mass is 35.5. The Balaban J connectivity index is 2.16. The van der Waals surface area contributed by atoms with Gasteiger partial charge in [-0.25, -0.2) is 12.8 Å². The molecule has 1 aromatic rings. The molecule has 0 bridgehead atoms. The van der Waals surface area contributed by atoms with E-state index in [4.69, 9.17) is 17.3 Å². The van der Waals surface area contributed by atoms with Crippen LogP contribution >= 0.6 is 11.6 Å². The van der Waals surface area contributed by atoms with Crippen molar-refractivity contribution in [1.82, 2.24) is 4.31 Å². The van der Waals surface area contributed by atoms with Crippen molar-refractivity contribution < 1.29 is 12.8 Å². The zero-order chi connectivity index (χ0) is 14.2. The summed E-state index contributed by atoms with van der Waals surface area (Å²) in [6.45, 7) is 1.67. The first-order chi connectivity index (χ1) is 8.79. The molecule has 0 radical (unpaired) electrons. The van der Waals surface area contributed by atoms with E-state index in [1.807, 2.05) is 4.90 Å². The lowest BCUT2D eigenvalue weighted by Gasteiger charge is -2.35. The number of anilines is 2. The largest absolute Gasteiger partial charge is 0.397 e. The molecule has 1 saturated heterocycles. The fourth-order valence-electron chi connectivity index (χ4n) is 2.09. The van der Waals surface area contributed by atoms with Crippen LogP contribution in [0.4, 0.5) is 15.8 Å². The van der Waals surface area contributed by atoms with E-state index in [-0.39, 0.29) is 5.02 Å². The van der Waals surface area contributed by atoms with Gasteiger partial charge in [0, 0.05) is 32.2 Å². The monoisotopic (exact) mass is 307 g/mol. The van der Waals surface area contributed by atoms with Crippen LogP contribution in [0.2, 0.25) is 5.02 Å². The van der Waals surface area contributed by atoms with Crippen molar-refractivity contribution in [3.05, 3.63) is 23.0 Å². The van der Waals surface area contributed by atoms with Gasteiger partial charge in [0.15, 0.2) is 0 Å². The Bertz CT molecular complexity index is 586. The number of rotatable bonds is 2. The van der Waals surface area contributed by atoms with Gasteiger partial charge in [0.1, 0.15) is 5.82 Å². The van der Waals surface area contributed by atoms with Gasteiger partial charge >= 0.3 is 0 Å². The Morgan fingerprint density at radius 1 is 1.26 bits per heavy atom. The van der Waals surface area contributed by atoms with E-state index < -0.39 is 15.8 Å². The molecule has 5 nitrogen and oxygen atoms in total. The van der Waals surface area contributed by atoms with E-state index in [0.29, 0.717) is 37.6 Å². The van der Waals surface area contributed by atoms with E-state index in [0.717, 1.165) is 0 Å². The number of halogens is 2. The van der Waals surface area contributed by atoms with Gasteiger partial charge in [-0.15, -0.1) is 0 Å². The van der Waals surface area contributed by atoms with Crippen LogP contribution in [0.1, 0.15) is 0 Å². The molecule has 0 amide bonds. The molecule has 106 valence electrons. The molecule has 1 aliphatic rings. The molecule has 0 aliphatic carbocycles. The molecule has 1 fully saturated rings. The molecule has 2 N–H and O–H groups in total. The SMILES string of the molecule is CS(=O)(=O)N1CCN(c2cc(F)c(Cl)cc2N)CC1. The molecule has 8 heteroatoms. The minimum absolute atomic E-state index is 0.0176. The smallest absolute Gasteiger partial charge is 0.211 e. The van der Waals surface area contributed by atoms with E-state index in [1.54, 1.807) is 0 Å². The molecule has 0 saturated carbocycles. The highest BCUT2D eigenvalue weighted by molar-refractivity contribution is 7.88. The molecule has 19 heavy (non-hydrogen) atoms. The Morgan fingerprint density at radius 3 is 2.37 bits per heavy atom. The normalized spacial score (nSPS) is 17.7. The van der Waals surface area contributed by atoms with Gasteiger partial charge in [0.2, 0.25) is 10.0 Å². The lowest BCUT2D eigenvalue weighted by molar-refractivity contribution is 0.388. The van der Waals surface area contributed by atoms with Crippen LogP contribution in [0.5, 0.6) is 0 Å². The average Bonchev–Trinajstić information content (AvgIpc) is 2.33. The van der Waals surface area contributed by atoms with Crippen molar-refractivity contribution in [3.63, 3.8) is 0 Å². The summed E-state index contributed by atoms with van der Waals surface area (Å²) in [5.74, 6) is -0.531. The number of benzene rings is 1. The fourth-order valence-corrected chi connectivity index (χ4v) is 3.08. The number of sulfonamides is 1. The Kier molecular flexibility index (Phi) is 3.89. The van der Waals surface area contributed by atoms with Crippen molar-refractivity contribution in [3.8, 4) is 0 Å². The molecule has 1 aliphatic heterocycles. The number of nitrogens with two attached hydrogens (primary N) is 1. The zero-order valence-corrected chi connectivity index (χ0v) is 12.0. The van der Waals surface area contributed by atoms with Gasteiger partial charge in [-0.2, -0.15) is 4.31 Å². The summed E-state index contributed by atoms with van der Waals surface area (Å²) in [7, 11) is -3.18. The van der Waals surface area contributed by atoms with Gasteiger partial charge in [-0.05, 0) is 6.07 Å². The van der Waals surface area contributed by atoms with Crippen LogP contribution < -0.4 is 10.6 Å². The Labute approximate surface area is 116 Å². The lowest BCUT2D eigenvalue weighted by atomic mass is 10.2. The summed E-state index contributed by atoms with van der Waals surface area (Å²) in [6.07, 6.45) is 1.18. The number of nitrogens with zero attached hydrogens (tertiary/aromatic N) is 2. The van der Waals surface area contributed by atoms with Gasteiger partial charge in [-0.1, -0.05) is 11.6 Å². The number of piperazine rings is 1. The maximum atomic E-state index is 13.5. The second-order valence-corrected chi connectivity index (χ2v) is 6.86. The third kappa shape index (κ3) is 3.10. The van der Waals surface area contributed by atoms with Crippen LogP contribution in [0.15, 0.2) is 12.1 Å². The van der Waals surface area contributed by atoms with Gasteiger partial charge < -0.3 is 10.6 Å². The average molecular weight is 308 g/mol.